The minimum absolute atomic E-state index is 0.0556. The van der Waals surface area contributed by atoms with Crippen molar-refractivity contribution in [3.63, 3.8) is 0 Å². The number of hydrogen-bond donors (Lipinski definition) is 1. The summed E-state index contributed by atoms with van der Waals surface area (Å²) in [7, 11) is 0. The molecule has 1 N–H and O–H groups in total. The van der Waals surface area contributed by atoms with Crippen LogP contribution < -0.4 is 0 Å². The van der Waals surface area contributed by atoms with Crippen LogP contribution in [0.4, 0.5) is 0 Å². The summed E-state index contributed by atoms with van der Waals surface area (Å²) < 4.78 is 5.61. The molecule has 0 aliphatic heterocycles. The minimum atomic E-state index is -0.873. The number of nitrogens with zero attached hydrogens (tertiary/aromatic N) is 3. The standard InChI is InChI=1S/C15H19N3O3/c1-10(2)18(9-14(19)20)8-13-16-17-15(21-13)12-6-4-11(3)5-7-12/h4-7,10H,8-9H2,1-3H3,(H,19,20). The SMILES string of the molecule is Cc1ccc(-c2nnc(CN(CC(=O)O)C(C)C)o2)cc1. The number of benzene rings is 1. The Morgan fingerprint density at radius 3 is 2.52 bits per heavy atom. The van der Waals surface area contributed by atoms with Crippen LogP contribution in [-0.2, 0) is 11.3 Å². The molecule has 6 nitrogen and oxygen atoms in total. The van der Waals surface area contributed by atoms with E-state index in [1.807, 2.05) is 45.0 Å². The van der Waals surface area contributed by atoms with E-state index < -0.39 is 5.97 Å². The van der Waals surface area contributed by atoms with Gasteiger partial charge >= 0.3 is 5.97 Å². The zero-order valence-corrected chi connectivity index (χ0v) is 12.4. The third kappa shape index (κ3) is 4.13. The first-order chi connectivity index (χ1) is 9.95. The van der Waals surface area contributed by atoms with Crippen molar-refractivity contribution in [2.24, 2.45) is 0 Å². The van der Waals surface area contributed by atoms with Crippen LogP contribution >= 0.6 is 0 Å². The first kappa shape index (κ1) is 15.2. The van der Waals surface area contributed by atoms with Crippen molar-refractivity contribution in [2.45, 2.75) is 33.4 Å². The van der Waals surface area contributed by atoms with Crippen molar-refractivity contribution < 1.29 is 14.3 Å². The molecule has 2 aromatic rings. The van der Waals surface area contributed by atoms with E-state index in [1.165, 1.54) is 0 Å². The maximum atomic E-state index is 10.9. The molecule has 1 aromatic heterocycles. The molecule has 112 valence electrons. The van der Waals surface area contributed by atoms with Crippen molar-refractivity contribution in [1.29, 1.82) is 0 Å². The quantitative estimate of drug-likeness (QED) is 0.879. The summed E-state index contributed by atoms with van der Waals surface area (Å²) in [5.74, 6) is -0.00784. The van der Waals surface area contributed by atoms with Crippen molar-refractivity contribution >= 4 is 5.97 Å². The normalized spacial score (nSPS) is 11.3. The largest absolute Gasteiger partial charge is 0.480 e. The zero-order valence-electron chi connectivity index (χ0n) is 12.4. The number of carboxylic acids is 1. The Balaban J connectivity index is 2.11. The van der Waals surface area contributed by atoms with Crippen LogP contribution in [-0.4, -0.2) is 38.8 Å². The van der Waals surface area contributed by atoms with E-state index in [4.69, 9.17) is 9.52 Å². The fraction of sp³-hybridized carbons (Fsp3) is 0.400. The highest BCUT2D eigenvalue weighted by Gasteiger charge is 2.17. The van der Waals surface area contributed by atoms with Crippen LogP contribution in [0.15, 0.2) is 28.7 Å². The molecule has 0 spiro atoms. The Morgan fingerprint density at radius 2 is 1.95 bits per heavy atom. The third-order valence-corrected chi connectivity index (χ3v) is 3.17. The highest BCUT2D eigenvalue weighted by Crippen LogP contribution is 2.19. The lowest BCUT2D eigenvalue weighted by atomic mass is 10.1. The Hall–Kier alpha value is -2.21. The van der Waals surface area contributed by atoms with Crippen LogP contribution in [0.1, 0.15) is 25.3 Å². The molecule has 0 amide bonds. The molecule has 0 radical (unpaired) electrons. The van der Waals surface area contributed by atoms with Gasteiger partial charge in [-0.1, -0.05) is 17.7 Å². The number of aromatic nitrogens is 2. The van der Waals surface area contributed by atoms with Gasteiger partial charge in [-0.05, 0) is 32.9 Å². The number of rotatable bonds is 6. The van der Waals surface area contributed by atoms with Gasteiger partial charge in [0.05, 0.1) is 13.1 Å². The molecule has 0 aliphatic rings. The smallest absolute Gasteiger partial charge is 0.317 e. The highest BCUT2D eigenvalue weighted by molar-refractivity contribution is 5.69. The Labute approximate surface area is 123 Å². The minimum Gasteiger partial charge on any atom is -0.480 e. The lowest BCUT2D eigenvalue weighted by Crippen LogP contribution is -2.35. The van der Waals surface area contributed by atoms with Crippen LogP contribution in [0.2, 0.25) is 0 Å². The van der Waals surface area contributed by atoms with Crippen LogP contribution in [0.5, 0.6) is 0 Å². The molecule has 0 fully saturated rings. The lowest BCUT2D eigenvalue weighted by Gasteiger charge is -2.22. The van der Waals surface area contributed by atoms with Gasteiger partial charge in [0.15, 0.2) is 0 Å². The Morgan fingerprint density at radius 1 is 1.29 bits per heavy atom. The fourth-order valence-electron chi connectivity index (χ4n) is 1.90. The number of hydrogen-bond acceptors (Lipinski definition) is 5. The van der Waals surface area contributed by atoms with E-state index in [0.717, 1.165) is 11.1 Å². The van der Waals surface area contributed by atoms with Gasteiger partial charge in [0, 0.05) is 11.6 Å². The lowest BCUT2D eigenvalue weighted by molar-refractivity contribution is -0.139. The predicted molar refractivity (Wildman–Crippen MR) is 77.7 cm³/mol. The van der Waals surface area contributed by atoms with E-state index in [-0.39, 0.29) is 12.6 Å². The van der Waals surface area contributed by atoms with Crippen LogP contribution in [0.25, 0.3) is 11.5 Å². The average Bonchev–Trinajstić information content (AvgIpc) is 2.87. The van der Waals surface area contributed by atoms with Gasteiger partial charge in [0.25, 0.3) is 0 Å². The number of aliphatic carboxylic acids is 1. The predicted octanol–water partition coefficient (Wildman–Crippen LogP) is 2.34. The molecule has 0 aliphatic carbocycles. The number of aryl methyl sites for hydroxylation is 1. The first-order valence-electron chi connectivity index (χ1n) is 6.81. The van der Waals surface area contributed by atoms with Gasteiger partial charge in [-0.25, -0.2) is 0 Å². The molecule has 2 rings (SSSR count). The van der Waals surface area contributed by atoms with Crippen LogP contribution in [0.3, 0.4) is 0 Å². The van der Waals surface area contributed by atoms with Crippen molar-refractivity contribution in [1.82, 2.24) is 15.1 Å². The van der Waals surface area contributed by atoms with Crippen molar-refractivity contribution in [3.05, 3.63) is 35.7 Å². The Bertz CT molecular complexity index is 605. The molecule has 0 saturated heterocycles. The zero-order chi connectivity index (χ0) is 15.4. The molecule has 21 heavy (non-hydrogen) atoms. The van der Waals surface area contributed by atoms with Gasteiger partial charge in [0.2, 0.25) is 11.8 Å². The van der Waals surface area contributed by atoms with E-state index in [0.29, 0.717) is 18.3 Å². The molecule has 6 heteroatoms. The summed E-state index contributed by atoms with van der Waals surface area (Å²) in [5.41, 5.74) is 2.01. The number of carboxylic acid groups (broad SMARTS) is 1. The van der Waals surface area contributed by atoms with Gasteiger partial charge in [-0.2, -0.15) is 0 Å². The van der Waals surface area contributed by atoms with E-state index in [9.17, 15) is 4.79 Å². The van der Waals surface area contributed by atoms with Gasteiger partial charge in [-0.3, -0.25) is 9.69 Å². The molecule has 0 saturated carbocycles. The molecule has 0 unspecified atom stereocenters. The van der Waals surface area contributed by atoms with Crippen molar-refractivity contribution in [3.8, 4) is 11.5 Å². The molecule has 0 atom stereocenters. The topological polar surface area (TPSA) is 79.5 Å². The molecule has 1 heterocycles. The summed E-state index contributed by atoms with van der Waals surface area (Å²) in [6.45, 7) is 6.14. The molecular formula is C15H19N3O3. The summed E-state index contributed by atoms with van der Waals surface area (Å²) in [6.07, 6.45) is 0. The third-order valence-electron chi connectivity index (χ3n) is 3.17. The van der Waals surface area contributed by atoms with Crippen molar-refractivity contribution in [2.75, 3.05) is 6.54 Å². The summed E-state index contributed by atoms with van der Waals surface area (Å²) in [4.78, 5) is 12.6. The molecule has 1 aromatic carbocycles. The number of carbonyl (C=O) groups is 1. The average molecular weight is 289 g/mol. The fourth-order valence-corrected chi connectivity index (χ4v) is 1.90. The maximum absolute atomic E-state index is 10.9. The van der Waals surface area contributed by atoms with Gasteiger partial charge < -0.3 is 9.52 Å². The maximum Gasteiger partial charge on any atom is 0.317 e. The van der Waals surface area contributed by atoms with E-state index in [1.54, 1.807) is 4.90 Å². The molecular weight excluding hydrogens is 270 g/mol. The second-order valence-electron chi connectivity index (χ2n) is 5.26. The molecule has 0 bridgehead atoms. The highest BCUT2D eigenvalue weighted by atomic mass is 16.4. The second kappa shape index (κ2) is 6.49. The van der Waals surface area contributed by atoms with Gasteiger partial charge in [-0.15, -0.1) is 10.2 Å². The van der Waals surface area contributed by atoms with Gasteiger partial charge in [0.1, 0.15) is 0 Å². The monoisotopic (exact) mass is 289 g/mol. The van der Waals surface area contributed by atoms with E-state index in [2.05, 4.69) is 10.2 Å². The van der Waals surface area contributed by atoms with Crippen LogP contribution in [0, 0.1) is 6.92 Å². The second-order valence-corrected chi connectivity index (χ2v) is 5.26. The van der Waals surface area contributed by atoms with E-state index >= 15 is 0 Å². The summed E-state index contributed by atoms with van der Waals surface area (Å²) in [5, 5.41) is 16.9. The Kier molecular flexibility index (Phi) is 4.70. The first-order valence-corrected chi connectivity index (χ1v) is 6.81. The summed E-state index contributed by atoms with van der Waals surface area (Å²) in [6, 6.07) is 7.87. The summed E-state index contributed by atoms with van der Waals surface area (Å²) >= 11 is 0.